The van der Waals surface area contributed by atoms with Crippen LogP contribution in [0.3, 0.4) is 0 Å². The van der Waals surface area contributed by atoms with E-state index in [1.54, 1.807) is 6.20 Å². The Hall–Kier alpha value is -2.99. The average Bonchev–Trinajstić information content (AvgIpc) is 2.99. The minimum Gasteiger partial charge on any atom is -0.442 e. The van der Waals surface area contributed by atoms with Crippen molar-refractivity contribution in [3.05, 3.63) is 70.1 Å². The summed E-state index contributed by atoms with van der Waals surface area (Å²) in [6.45, 7) is 9.38. The molecule has 0 aromatic rings. The van der Waals surface area contributed by atoms with Gasteiger partial charge in [-0.1, -0.05) is 38.0 Å². The standard InChI is InChI=1S/C25H29NO5/c1-6-15(2)11-16(3)7-8-19-12-18-13-21(29)25(5)23(20(18)14-26(19)9-10-27)22(17(4)28)24(30)31-25/h7-8,11-15,27H,6,9-10H2,1-5H3/b8-7+,16-11+/t15-,25+/m0/s1. The van der Waals surface area contributed by atoms with Crippen LogP contribution in [-0.4, -0.2) is 46.3 Å². The SMILES string of the molecule is CC[C@H](C)/C=C(C)/C=C/C1=CC2=CC(=O)[C@@]3(C)OC(=O)C(C(C)=O)=C3C2=CN1CCO. The van der Waals surface area contributed by atoms with E-state index < -0.39 is 17.4 Å². The fraction of sp³-hybridized carbons (Fsp3) is 0.400. The Morgan fingerprint density at radius 3 is 2.61 bits per heavy atom. The average molecular weight is 424 g/mol. The van der Waals surface area contributed by atoms with Crippen LogP contribution in [0, 0.1) is 5.92 Å². The van der Waals surface area contributed by atoms with E-state index in [0.717, 1.165) is 17.7 Å². The highest BCUT2D eigenvalue weighted by molar-refractivity contribution is 6.23. The maximum atomic E-state index is 12.9. The Morgan fingerprint density at radius 2 is 2.00 bits per heavy atom. The summed E-state index contributed by atoms with van der Waals surface area (Å²) in [5.41, 5.74) is 1.84. The van der Waals surface area contributed by atoms with Gasteiger partial charge in [-0.2, -0.15) is 0 Å². The molecule has 0 fully saturated rings. The maximum absolute atomic E-state index is 12.9. The fourth-order valence-electron chi connectivity index (χ4n) is 4.03. The monoisotopic (exact) mass is 423 g/mol. The summed E-state index contributed by atoms with van der Waals surface area (Å²) in [5, 5.41) is 9.58. The lowest BCUT2D eigenvalue weighted by atomic mass is 9.75. The number of allylic oxidation sites excluding steroid dienone is 6. The van der Waals surface area contributed by atoms with Crippen molar-refractivity contribution < 1.29 is 24.2 Å². The molecule has 6 heteroatoms. The Labute approximate surface area is 182 Å². The van der Waals surface area contributed by atoms with Gasteiger partial charge in [0, 0.05) is 29.6 Å². The maximum Gasteiger partial charge on any atom is 0.343 e. The number of rotatable bonds is 7. The van der Waals surface area contributed by atoms with E-state index in [1.807, 2.05) is 30.1 Å². The minimum atomic E-state index is -1.50. The third-order valence-corrected chi connectivity index (χ3v) is 5.89. The highest BCUT2D eigenvalue weighted by Gasteiger charge is 2.54. The van der Waals surface area contributed by atoms with Gasteiger partial charge in [-0.3, -0.25) is 9.59 Å². The molecule has 0 bridgehead atoms. The van der Waals surface area contributed by atoms with Crippen LogP contribution < -0.4 is 0 Å². The molecule has 164 valence electrons. The molecule has 0 amide bonds. The number of hydrogen-bond acceptors (Lipinski definition) is 6. The third-order valence-electron chi connectivity index (χ3n) is 5.89. The minimum absolute atomic E-state index is 0.0834. The van der Waals surface area contributed by atoms with Gasteiger partial charge in [0.25, 0.3) is 0 Å². The van der Waals surface area contributed by atoms with Crippen molar-refractivity contribution in [2.75, 3.05) is 13.2 Å². The quantitative estimate of drug-likeness (QED) is 0.384. The summed E-state index contributed by atoms with van der Waals surface area (Å²) >= 11 is 0. The summed E-state index contributed by atoms with van der Waals surface area (Å²) in [6, 6.07) is 0. The lowest BCUT2D eigenvalue weighted by molar-refractivity contribution is -0.152. The molecule has 0 radical (unpaired) electrons. The molecule has 2 aliphatic heterocycles. The molecule has 2 atom stereocenters. The predicted molar refractivity (Wildman–Crippen MR) is 118 cm³/mol. The van der Waals surface area contributed by atoms with Gasteiger partial charge in [-0.05, 0) is 50.5 Å². The van der Waals surface area contributed by atoms with Crippen molar-refractivity contribution in [3.63, 3.8) is 0 Å². The number of nitrogens with zero attached hydrogens (tertiary/aromatic N) is 1. The van der Waals surface area contributed by atoms with Crippen LogP contribution >= 0.6 is 0 Å². The molecule has 0 spiro atoms. The van der Waals surface area contributed by atoms with Gasteiger partial charge < -0.3 is 14.7 Å². The zero-order valence-corrected chi connectivity index (χ0v) is 18.7. The summed E-state index contributed by atoms with van der Waals surface area (Å²) < 4.78 is 5.36. The van der Waals surface area contributed by atoms with Crippen LogP contribution in [0.25, 0.3) is 0 Å². The first kappa shape index (κ1) is 22.7. The van der Waals surface area contributed by atoms with E-state index in [1.165, 1.54) is 19.9 Å². The van der Waals surface area contributed by atoms with Crippen molar-refractivity contribution in [1.82, 2.24) is 4.90 Å². The highest BCUT2D eigenvalue weighted by Crippen LogP contribution is 2.46. The second-order valence-electron chi connectivity index (χ2n) is 8.35. The molecule has 0 saturated heterocycles. The number of ketones is 2. The molecule has 31 heavy (non-hydrogen) atoms. The van der Waals surface area contributed by atoms with Crippen LogP contribution in [0.15, 0.2) is 70.1 Å². The van der Waals surface area contributed by atoms with Crippen molar-refractivity contribution >= 4 is 17.5 Å². The molecule has 1 aliphatic carbocycles. The molecule has 0 aromatic heterocycles. The van der Waals surface area contributed by atoms with Gasteiger partial charge in [-0.25, -0.2) is 4.79 Å². The number of hydrogen-bond donors (Lipinski definition) is 1. The first-order valence-corrected chi connectivity index (χ1v) is 10.6. The van der Waals surface area contributed by atoms with Gasteiger partial charge in [0.15, 0.2) is 11.4 Å². The van der Waals surface area contributed by atoms with Gasteiger partial charge in [0.1, 0.15) is 5.57 Å². The topological polar surface area (TPSA) is 83.9 Å². The molecule has 2 heterocycles. The van der Waals surface area contributed by atoms with Crippen LogP contribution in [0.4, 0.5) is 0 Å². The summed E-state index contributed by atoms with van der Waals surface area (Å²) in [7, 11) is 0. The fourth-order valence-corrected chi connectivity index (χ4v) is 4.03. The smallest absolute Gasteiger partial charge is 0.343 e. The van der Waals surface area contributed by atoms with Crippen LogP contribution in [0.1, 0.15) is 41.0 Å². The Kier molecular flexibility index (Phi) is 6.32. The Bertz CT molecular complexity index is 1020. The first-order valence-electron chi connectivity index (χ1n) is 10.6. The largest absolute Gasteiger partial charge is 0.442 e. The molecular weight excluding hydrogens is 394 g/mol. The molecule has 0 saturated carbocycles. The van der Waals surface area contributed by atoms with E-state index in [4.69, 9.17) is 4.74 Å². The number of esters is 1. The zero-order chi connectivity index (χ0) is 22.9. The Morgan fingerprint density at radius 1 is 1.29 bits per heavy atom. The lowest BCUT2D eigenvalue weighted by Crippen LogP contribution is -2.41. The molecule has 3 aliphatic rings. The van der Waals surface area contributed by atoms with Crippen LogP contribution in [0.5, 0.6) is 0 Å². The highest BCUT2D eigenvalue weighted by atomic mass is 16.6. The van der Waals surface area contributed by atoms with E-state index in [0.29, 0.717) is 29.2 Å². The van der Waals surface area contributed by atoms with Crippen molar-refractivity contribution in [2.45, 2.75) is 46.6 Å². The summed E-state index contributed by atoms with van der Waals surface area (Å²) in [4.78, 5) is 39.3. The van der Waals surface area contributed by atoms with Gasteiger partial charge >= 0.3 is 5.97 Å². The van der Waals surface area contributed by atoms with Crippen molar-refractivity contribution in [3.8, 4) is 0 Å². The normalized spacial score (nSPS) is 24.5. The molecule has 6 nitrogen and oxygen atoms in total. The number of Topliss-reactive ketones (excluding diaryl/α,β-unsaturated/α-hetero) is 1. The van der Waals surface area contributed by atoms with E-state index in [9.17, 15) is 19.5 Å². The third kappa shape index (κ3) is 4.12. The molecular formula is C25H29NO5. The van der Waals surface area contributed by atoms with Gasteiger partial charge in [-0.15, -0.1) is 0 Å². The second kappa shape index (κ2) is 8.63. The van der Waals surface area contributed by atoms with Crippen LogP contribution in [0.2, 0.25) is 0 Å². The number of aliphatic hydroxyl groups is 1. The number of carbonyl (C=O) groups is 3. The summed E-state index contributed by atoms with van der Waals surface area (Å²) in [6.07, 6.45) is 12.3. The molecule has 0 aromatic carbocycles. The molecule has 1 N–H and O–H groups in total. The van der Waals surface area contributed by atoms with E-state index in [2.05, 4.69) is 19.9 Å². The predicted octanol–water partition coefficient (Wildman–Crippen LogP) is 3.32. The van der Waals surface area contributed by atoms with Crippen molar-refractivity contribution in [1.29, 1.82) is 0 Å². The zero-order valence-electron chi connectivity index (χ0n) is 18.7. The van der Waals surface area contributed by atoms with Gasteiger partial charge in [0.05, 0.1) is 6.61 Å². The first-order chi connectivity index (χ1) is 14.6. The lowest BCUT2D eigenvalue weighted by Gasteiger charge is -2.35. The number of carbonyl (C=O) groups excluding carboxylic acids is 3. The van der Waals surface area contributed by atoms with E-state index in [-0.39, 0.29) is 18.0 Å². The van der Waals surface area contributed by atoms with Crippen molar-refractivity contribution in [2.24, 2.45) is 5.92 Å². The van der Waals surface area contributed by atoms with Gasteiger partial charge in [0.2, 0.25) is 5.78 Å². The van der Waals surface area contributed by atoms with E-state index >= 15 is 0 Å². The second-order valence-corrected chi connectivity index (χ2v) is 8.35. The number of β-amino-alcohol motifs (C(OH)–C–C–N with tert-alkyl or cyclic N) is 1. The molecule has 0 unspecified atom stereocenters. The number of ether oxygens (including phenoxy) is 1. The summed E-state index contributed by atoms with van der Waals surface area (Å²) in [5.74, 6) is -1.11. The number of aliphatic hydroxyl groups excluding tert-OH is 1. The number of fused-ring (bicyclic) bond motifs is 3. The van der Waals surface area contributed by atoms with Crippen LogP contribution in [-0.2, 0) is 19.1 Å². The molecule has 3 rings (SSSR count). The Balaban J connectivity index is 2.09.